The third-order valence-corrected chi connectivity index (χ3v) is 4.19. The van der Waals surface area contributed by atoms with E-state index in [4.69, 9.17) is 4.74 Å². The standard InChI is InChI=1S/C16H24F2N2O/c1-19(2)13-5-4-7-20(8-6-13)11-12-9-14(17)16(21-3)15(18)10-12/h9-10,13H,4-8,11H2,1-3H3. The molecule has 0 aliphatic carbocycles. The van der Waals surface area contributed by atoms with Crippen molar-refractivity contribution in [2.75, 3.05) is 34.3 Å². The number of nitrogens with zero attached hydrogens (tertiary/aromatic N) is 2. The lowest BCUT2D eigenvalue weighted by molar-refractivity contribution is 0.245. The van der Waals surface area contributed by atoms with Crippen molar-refractivity contribution < 1.29 is 13.5 Å². The van der Waals surface area contributed by atoms with Gasteiger partial charge < -0.3 is 9.64 Å². The number of benzene rings is 1. The first-order valence-electron chi connectivity index (χ1n) is 7.42. The van der Waals surface area contributed by atoms with Crippen LogP contribution in [0.15, 0.2) is 12.1 Å². The molecule has 1 aromatic carbocycles. The quantitative estimate of drug-likeness (QED) is 0.850. The van der Waals surface area contributed by atoms with Gasteiger partial charge in [-0.3, -0.25) is 4.90 Å². The maximum absolute atomic E-state index is 13.7. The Kier molecular flexibility index (Phi) is 5.53. The third kappa shape index (κ3) is 4.14. The number of methoxy groups -OCH3 is 1. The summed E-state index contributed by atoms with van der Waals surface area (Å²) in [5.41, 5.74) is 0.661. The van der Waals surface area contributed by atoms with Gasteiger partial charge in [0.2, 0.25) is 0 Å². The molecular formula is C16H24F2N2O. The van der Waals surface area contributed by atoms with Crippen molar-refractivity contribution >= 4 is 0 Å². The number of likely N-dealkylation sites (tertiary alicyclic amines) is 1. The van der Waals surface area contributed by atoms with Crippen LogP contribution in [0.25, 0.3) is 0 Å². The molecule has 0 N–H and O–H groups in total. The maximum Gasteiger partial charge on any atom is 0.190 e. The van der Waals surface area contributed by atoms with E-state index in [0.29, 0.717) is 18.2 Å². The van der Waals surface area contributed by atoms with E-state index in [1.807, 2.05) is 0 Å². The Labute approximate surface area is 125 Å². The van der Waals surface area contributed by atoms with Crippen LogP contribution in [0.5, 0.6) is 5.75 Å². The van der Waals surface area contributed by atoms with Crippen LogP contribution < -0.4 is 4.74 Å². The summed E-state index contributed by atoms with van der Waals surface area (Å²) < 4.78 is 32.2. The highest BCUT2D eigenvalue weighted by Gasteiger charge is 2.19. The van der Waals surface area contributed by atoms with Crippen LogP contribution in [0.3, 0.4) is 0 Å². The fourth-order valence-corrected chi connectivity index (χ4v) is 2.97. The van der Waals surface area contributed by atoms with Crippen molar-refractivity contribution in [1.82, 2.24) is 9.80 Å². The molecule has 1 fully saturated rings. The van der Waals surface area contributed by atoms with Crippen LogP contribution in [-0.2, 0) is 6.54 Å². The van der Waals surface area contributed by atoms with Crippen molar-refractivity contribution in [1.29, 1.82) is 0 Å². The fourth-order valence-electron chi connectivity index (χ4n) is 2.97. The predicted octanol–water partition coefficient (Wildman–Crippen LogP) is 2.89. The van der Waals surface area contributed by atoms with E-state index in [-0.39, 0.29) is 5.75 Å². The average molecular weight is 298 g/mol. The second kappa shape index (κ2) is 7.18. The molecule has 3 nitrogen and oxygen atoms in total. The molecule has 1 unspecified atom stereocenters. The minimum Gasteiger partial charge on any atom is -0.491 e. The third-order valence-electron chi connectivity index (χ3n) is 4.19. The molecule has 1 aromatic rings. The molecular weight excluding hydrogens is 274 g/mol. The summed E-state index contributed by atoms with van der Waals surface area (Å²) in [4.78, 5) is 4.53. The van der Waals surface area contributed by atoms with Crippen molar-refractivity contribution in [3.8, 4) is 5.75 Å². The van der Waals surface area contributed by atoms with Gasteiger partial charge in [0.15, 0.2) is 17.4 Å². The first kappa shape index (κ1) is 16.2. The summed E-state index contributed by atoms with van der Waals surface area (Å²) in [6.45, 7) is 2.51. The van der Waals surface area contributed by atoms with Crippen molar-refractivity contribution in [3.63, 3.8) is 0 Å². The molecule has 21 heavy (non-hydrogen) atoms. The summed E-state index contributed by atoms with van der Waals surface area (Å²) in [5, 5.41) is 0. The Morgan fingerprint density at radius 3 is 2.43 bits per heavy atom. The van der Waals surface area contributed by atoms with E-state index in [2.05, 4.69) is 23.9 Å². The zero-order valence-electron chi connectivity index (χ0n) is 13.0. The lowest BCUT2D eigenvalue weighted by Gasteiger charge is -2.23. The van der Waals surface area contributed by atoms with E-state index in [0.717, 1.165) is 25.9 Å². The largest absolute Gasteiger partial charge is 0.491 e. The van der Waals surface area contributed by atoms with Gasteiger partial charge in [-0.2, -0.15) is 0 Å². The summed E-state index contributed by atoms with van der Waals surface area (Å²) in [6.07, 6.45) is 3.38. The summed E-state index contributed by atoms with van der Waals surface area (Å²) in [6, 6.07) is 3.34. The van der Waals surface area contributed by atoms with Gasteiger partial charge in [-0.15, -0.1) is 0 Å². The number of halogens is 2. The van der Waals surface area contributed by atoms with Crippen LogP contribution in [-0.4, -0.2) is 50.1 Å². The smallest absolute Gasteiger partial charge is 0.190 e. The van der Waals surface area contributed by atoms with Crippen molar-refractivity contribution in [2.45, 2.75) is 31.8 Å². The van der Waals surface area contributed by atoms with Gasteiger partial charge in [0.05, 0.1) is 7.11 Å². The van der Waals surface area contributed by atoms with Crippen LogP contribution in [0.1, 0.15) is 24.8 Å². The molecule has 0 saturated carbocycles. The first-order valence-corrected chi connectivity index (χ1v) is 7.42. The molecule has 1 aliphatic heterocycles. The van der Waals surface area contributed by atoms with Crippen LogP contribution >= 0.6 is 0 Å². The molecule has 0 bridgehead atoms. The van der Waals surface area contributed by atoms with Crippen LogP contribution in [0, 0.1) is 11.6 Å². The van der Waals surface area contributed by atoms with Gasteiger partial charge in [0, 0.05) is 12.6 Å². The normalized spacial score (nSPS) is 20.6. The maximum atomic E-state index is 13.7. The molecule has 0 spiro atoms. The Morgan fingerprint density at radius 1 is 1.19 bits per heavy atom. The van der Waals surface area contributed by atoms with Gasteiger partial charge in [0.25, 0.3) is 0 Å². The molecule has 1 aliphatic rings. The number of hydrogen-bond acceptors (Lipinski definition) is 3. The van der Waals surface area contributed by atoms with E-state index in [9.17, 15) is 8.78 Å². The zero-order chi connectivity index (χ0) is 15.4. The molecule has 1 atom stereocenters. The number of rotatable bonds is 4. The monoisotopic (exact) mass is 298 g/mol. The second-order valence-corrected chi connectivity index (χ2v) is 5.92. The fraction of sp³-hybridized carbons (Fsp3) is 0.625. The second-order valence-electron chi connectivity index (χ2n) is 5.92. The van der Waals surface area contributed by atoms with E-state index in [1.54, 1.807) is 0 Å². The van der Waals surface area contributed by atoms with E-state index in [1.165, 1.54) is 25.7 Å². The lowest BCUT2D eigenvalue weighted by Crippen LogP contribution is -2.30. The van der Waals surface area contributed by atoms with E-state index >= 15 is 0 Å². The summed E-state index contributed by atoms with van der Waals surface area (Å²) >= 11 is 0. The van der Waals surface area contributed by atoms with Gasteiger partial charge >= 0.3 is 0 Å². The van der Waals surface area contributed by atoms with Gasteiger partial charge in [0.1, 0.15) is 0 Å². The van der Waals surface area contributed by atoms with Crippen LogP contribution in [0.2, 0.25) is 0 Å². The van der Waals surface area contributed by atoms with Crippen LogP contribution in [0.4, 0.5) is 8.78 Å². The number of ether oxygens (including phenoxy) is 1. The average Bonchev–Trinajstić information content (AvgIpc) is 2.64. The Balaban J connectivity index is 2.02. The molecule has 118 valence electrons. The molecule has 1 heterocycles. The Bertz CT molecular complexity index is 456. The van der Waals surface area contributed by atoms with Crippen molar-refractivity contribution in [2.24, 2.45) is 0 Å². The first-order chi connectivity index (χ1) is 10.0. The van der Waals surface area contributed by atoms with E-state index < -0.39 is 11.6 Å². The highest BCUT2D eigenvalue weighted by Crippen LogP contribution is 2.24. The van der Waals surface area contributed by atoms with Gasteiger partial charge in [-0.05, 0) is 64.1 Å². The highest BCUT2D eigenvalue weighted by molar-refractivity contribution is 5.31. The molecule has 5 heteroatoms. The summed E-state index contributed by atoms with van der Waals surface area (Å²) in [7, 11) is 5.49. The zero-order valence-corrected chi connectivity index (χ0v) is 13.0. The molecule has 0 radical (unpaired) electrons. The summed E-state index contributed by atoms with van der Waals surface area (Å²) in [5.74, 6) is -1.57. The minimum absolute atomic E-state index is 0.303. The number of hydrogen-bond donors (Lipinski definition) is 0. The molecule has 1 saturated heterocycles. The highest BCUT2D eigenvalue weighted by atomic mass is 19.1. The minimum atomic E-state index is -0.631. The predicted molar refractivity (Wildman–Crippen MR) is 79.5 cm³/mol. The lowest BCUT2D eigenvalue weighted by atomic mass is 10.1. The Morgan fingerprint density at radius 2 is 1.86 bits per heavy atom. The molecule has 0 aromatic heterocycles. The SMILES string of the molecule is COc1c(F)cc(CN2CCCC(N(C)C)CC2)cc1F. The molecule has 0 amide bonds. The molecule has 2 rings (SSSR count). The van der Waals surface area contributed by atoms with Gasteiger partial charge in [-0.25, -0.2) is 8.78 Å². The van der Waals surface area contributed by atoms with Gasteiger partial charge in [-0.1, -0.05) is 0 Å². The van der Waals surface area contributed by atoms with Crippen molar-refractivity contribution in [3.05, 3.63) is 29.3 Å². The topological polar surface area (TPSA) is 15.7 Å². The Hall–Kier alpha value is -1.20.